The van der Waals surface area contributed by atoms with Gasteiger partial charge in [0.1, 0.15) is 0 Å². The van der Waals surface area contributed by atoms with E-state index in [2.05, 4.69) is 19.6 Å². The molecule has 0 spiro atoms. The zero-order valence-corrected chi connectivity index (χ0v) is 15.1. The van der Waals surface area contributed by atoms with Crippen LogP contribution in [-0.4, -0.2) is 33.6 Å². The lowest BCUT2D eigenvalue weighted by molar-refractivity contribution is -0.188. The van der Waals surface area contributed by atoms with Crippen molar-refractivity contribution in [3.05, 3.63) is 35.5 Å². The van der Waals surface area contributed by atoms with E-state index in [1.54, 1.807) is 0 Å². The highest BCUT2D eigenvalue weighted by atomic mass is 16.5. The Labute approximate surface area is 140 Å². The monoisotopic (exact) mass is 320 g/mol. The highest BCUT2D eigenvalue weighted by Crippen LogP contribution is 2.42. The van der Waals surface area contributed by atoms with Gasteiger partial charge in [-0.15, -0.1) is 0 Å². The smallest absolute Gasteiger partial charge is 0.0932 e. The SMILES string of the molecule is C=C1CC/C=C(\C)CC[C@@H](O)[C@@]2(C)CC/C(=C\[C@H]1O)C(C)(C)O2. The number of aliphatic hydroxyl groups excluding tert-OH is 2. The number of ether oxygens (including phenoxy) is 1. The largest absolute Gasteiger partial charge is 0.390 e. The van der Waals surface area contributed by atoms with Crippen molar-refractivity contribution in [1.29, 1.82) is 0 Å². The van der Waals surface area contributed by atoms with Crippen LogP contribution in [0.1, 0.15) is 66.2 Å². The minimum Gasteiger partial charge on any atom is -0.390 e. The van der Waals surface area contributed by atoms with Crippen molar-refractivity contribution in [2.75, 3.05) is 0 Å². The summed E-state index contributed by atoms with van der Waals surface area (Å²) in [6.07, 6.45) is 7.85. The van der Waals surface area contributed by atoms with E-state index in [-0.39, 0.29) is 0 Å². The van der Waals surface area contributed by atoms with Crippen LogP contribution >= 0.6 is 0 Å². The molecule has 130 valence electrons. The molecule has 2 heterocycles. The van der Waals surface area contributed by atoms with Gasteiger partial charge in [0, 0.05) is 0 Å². The fraction of sp³-hybridized carbons (Fsp3) is 0.700. The van der Waals surface area contributed by atoms with Crippen LogP contribution in [-0.2, 0) is 4.74 Å². The number of aliphatic hydroxyl groups is 2. The molecule has 3 nitrogen and oxygen atoms in total. The van der Waals surface area contributed by atoms with E-state index in [1.807, 2.05) is 26.8 Å². The normalized spacial score (nSPS) is 40.7. The molecule has 3 atom stereocenters. The van der Waals surface area contributed by atoms with Crippen LogP contribution in [0.5, 0.6) is 0 Å². The molecule has 0 radical (unpaired) electrons. The summed E-state index contributed by atoms with van der Waals surface area (Å²) in [7, 11) is 0. The highest BCUT2D eigenvalue weighted by Gasteiger charge is 2.44. The molecule has 3 aliphatic rings. The highest BCUT2D eigenvalue weighted by molar-refractivity contribution is 5.25. The van der Waals surface area contributed by atoms with E-state index < -0.39 is 23.4 Å². The third-order valence-electron chi connectivity index (χ3n) is 5.40. The summed E-state index contributed by atoms with van der Waals surface area (Å²) >= 11 is 0. The Morgan fingerprint density at radius 3 is 2.52 bits per heavy atom. The maximum absolute atomic E-state index is 10.7. The number of fused-ring (bicyclic) bond motifs is 10. The van der Waals surface area contributed by atoms with Crippen molar-refractivity contribution in [1.82, 2.24) is 0 Å². The van der Waals surface area contributed by atoms with Gasteiger partial charge in [-0.05, 0) is 77.4 Å². The first-order valence-corrected chi connectivity index (χ1v) is 8.75. The zero-order valence-electron chi connectivity index (χ0n) is 15.1. The van der Waals surface area contributed by atoms with Gasteiger partial charge >= 0.3 is 0 Å². The molecule has 0 aromatic carbocycles. The fourth-order valence-electron chi connectivity index (χ4n) is 3.63. The van der Waals surface area contributed by atoms with Gasteiger partial charge in [0.2, 0.25) is 0 Å². The van der Waals surface area contributed by atoms with Gasteiger partial charge in [0.25, 0.3) is 0 Å². The number of rotatable bonds is 0. The minimum absolute atomic E-state index is 0.477. The van der Waals surface area contributed by atoms with Crippen LogP contribution in [0.15, 0.2) is 35.5 Å². The van der Waals surface area contributed by atoms with Crippen molar-refractivity contribution in [3.63, 3.8) is 0 Å². The van der Waals surface area contributed by atoms with Crippen molar-refractivity contribution in [3.8, 4) is 0 Å². The third kappa shape index (κ3) is 4.34. The Kier molecular flexibility index (Phi) is 5.55. The van der Waals surface area contributed by atoms with Gasteiger partial charge in [-0.2, -0.15) is 0 Å². The zero-order chi connectivity index (χ0) is 17.3. The molecule has 2 N–H and O–H groups in total. The first-order valence-electron chi connectivity index (χ1n) is 8.75. The Balaban J connectivity index is 2.32. The van der Waals surface area contributed by atoms with E-state index in [1.165, 1.54) is 5.57 Å². The summed E-state index contributed by atoms with van der Waals surface area (Å²) in [5.74, 6) is 0. The van der Waals surface area contributed by atoms with Crippen LogP contribution < -0.4 is 0 Å². The lowest BCUT2D eigenvalue weighted by Crippen LogP contribution is -2.52. The molecule has 3 heteroatoms. The summed E-state index contributed by atoms with van der Waals surface area (Å²) in [6, 6.07) is 0. The predicted molar refractivity (Wildman–Crippen MR) is 94.3 cm³/mol. The standard InChI is InChI=1S/C20H32O3/c1-14-7-6-8-15(2)17(21)13-16-11-12-20(5,18(22)10-9-14)23-19(16,3)4/h7,13,17-18,21-22H,2,6,8-12H2,1,3-5H3/b14-7+,16-13+/t17-,18-,20-/m1/s1. The predicted octanol–water partition coefficient (Wildman–Crippen LogP) is 4.06. The number of hydrogen-bond donors (Lipinski definition) is 2. The molecule has 0 unspecified atom stereocenters. The second-order valence-corrected chi connectivity index (χ2v) is 7.86. The first-order chi connectivity index (χ1) is 10.6. The average molecular weight is 320 g/mol. The van der Waals surface area contributed by atoms with Crippen molar-refractivity contribution >= 4 is 0 Å². The quantitative estimate of drug-likeness (QED) is 0.662. The molecular formula is C20H32O3. The van der Waals surface area contributed by atoms with Crippen LogP contribution in [0.4, 0.5) is 0 Å². The molecular weight excluding hydrogens is 288 g/mol. The Morgan fingerprint density at radius 1 is 1.17 bits per heavy atom. The second kappa shape index (κ2) is 6.92. The van der Waals surface area contributed by atoms with E-state index in [0.717, 1.165) is 49.7 Å². The average Bonchev–Trinajstić information content (AvgIpc) is 2.46. The fourth-order valence-corrected chi connectivity index (χ4v) is 3.63. The van der Waals surface area contributed by atoms with Gasteiger partial charge in [-0.1, -0.05) is 24.3 Å². The van der Waals surface area contributed by atoms with E-state index in [0.29, 0.717) is 0 Å². The summed E-state index contributed by atoms with van der Waals surface area (Å²) in [4.78, 5) is 0. The van der Waals surface area contributed by atoms with Crippen LogP contribution in [0.2, 0.25) is 0 Å². The van der Waals surface area contributed by atoms with Gasteiger partial charge in [0.15, 0.2) is 0 Å². The third-order valence-corrected chi connectivity index (χ3v) is 5.40. The van der Waals surface area contributed by atoms with Crippen LogP contribution in [0.3, 0.4) is 0 Å². The molecule has 1 saturated heterocycles. The molecule has 1 fully saturated rings. The molecule has 23 heavy (non-hydrogen) atoms. The number of allylic oxidation sites excluding steroid dienone is 2. The topological polar surface area (TPSA) is 49.7 Å². The lowest BCUT2D eigenvalue weighted by atomic mass is 9.79. The molecule has 2 bridgehead atoms. The summed E-state index contributed by atoms with van der Waals surface area (Å²) in [5, 5.41) is 21.1. The van der Waals surface area contributed by atoms with E-state index in [9.17, 15) is 10.2 Å². The maximum atomic E-state index is 10.7. The summed E-state index contributed by atoms with van der Waals surface area (Å²) < 4.78 is 6.32. The van der Waals surface area contributed by atoms with Crippen molar-refractivity contribution in [2.24, 2.45) is 0 Å². The molecule has 2 aliphatic heterocycles. The lowest BCUT2D eigenvalue weighted by Gasteiger charge is -2.47. The van der Waals surface area contributed by atoms with Crippen LogP contribution in [0, 0.1) is 0 Å². The van der Waals surface area contributed by atoms with E-state index in [4.69, 9.17) is 4.74 Å². The maximum Gasteiger partial charge on any atom is 0.0932 e. The van der Waals surface area contributed by atoms with Crippen molar-refractivity contribution in [2.45, 2.75) is 89.6 Å². The molecule has 0 amide bonds. The second-order valence-electron chi connectivity index (χ2n) is 7.86. The summed E-state index contributed by atoms with van der Waals surface area (Å²) in [6.45, 7) is 12.2. The van der Waals surface area contributed by atoms with Gasteiger partial charge in [-0.25, -0.2) is 0 Å². The molecule has 0 aromatic heterocycles. The van der Waals surface area contributed by atoms with Gasteiger partial charge < -0.3 is 14.9 Å². The minimum atomic E-state index is -0.626. The molecule has 3 rings (SSSR count). The van der Waals surface area contributed by atoms with Crippen molar-refractivity contribution < 1.29 is 14.9 Å². The molecule has 0 saturated carbocycles. The molecule has 1 aliphatic carbocycles. The van der Waals surface area contributed by atoms with E-state index >= 15 is 0 Å². The summed E-state index contributed by atoms with van der Waals surface area (Å²) in [5.41, 5.74) is 2.21. The Morgan fingerprint density at radius 2 is 1.87 bits per heavy atom. The van der Waals surface area contributed by atoms with Gasteiger partial charge in [0.05, 0.1) is 23.4 Å². The number of hydrogen-bond acceptors (Lipinski definition) is 3. The van der Waals surface area contributed by atoms with Crippen LogP contribution in [0.25, 0.3) is 0 Å². The Bertz CT molecular complexity index is 515. The molecule has 0 aromatic rings. The van der Waals surface area contributed by atoms with Gasteiger partial charge in [-0.3, -0.25) is 0 Å². The first kappa shape index (κ1) is 18.4. The Hall–Kier alpha value is -0.900.